The maximum Gasteiger partial charge on any atom is 0.261 e. The van der Waals surface area contributed by atoms with Crippen LogP contribution in [0.25, 0.3) is 0 Å². The van der Waals surface area contributed by atoms with Crippen molar-refractivity contribution in [1.82, 2.24) is 4.90 Å². The zero-order valence-corrected chi connectivity index (χ0v) is 13.3. The lowest BCUT2D eigenvalue weighted by Crippen LogP contribution is -2.24. The van der Waals surface area contributed by atoms with Gasteiger partial charge >= 0.3 is 0 Å². The number of carbonyl (C=O) groups is 3. The Morgan fingerprint density at radius 3 is 2.38 bits per heavy atom. The summed E-state index contributed by atoms with van der Waals surface area (Å²) >= 11 is 0. The lowest BCUT2D eigenvalue weighted by Gasteiger charge is -2.07. The molecule has 1 heterocycles. The normalized spacial score (nSPS) is 13.0. The topological polar surface area (TPSA) is 75.7 Å². The van der Waals surface area contributed by atoms with E-state index in [1.807, 2.05) is 12.1 Å². The van der Waals surface area contributed by atoms with Crippen molar-refractivity contribution < 1.29 is 19.1 Å². The molecule has 0 aliphatic carbocycles. The largest absolute Gasteiger partial charge is 0.497 e. The second kappa shape index (κ2) is 6.16. The van der Waals surface area contributed by atoms with Crippen molar-refractivity contribution in [3.05, 3.63) is 59.2 Å². The molecule has 6 nitrogen and oxygen atoms in total. The number of anilines is 1. The summed E-state index contributed by atoms with van der Waals surface area (Å²) in [6, 6.07) is 11.9. The average Bonchev–Trinajstić information content (AvgIpc) is 2.80. The highest BCUT2D eigenvalue weighted by Crippen LogP contribution is 2.24. The van der Waals surface area contributed by atoms with Gasteiger partial charge in [0.05, 0.1) is 24.7 Å². The second-order valence-electron chi connectivity index (χ2n) is 5.50. The van der Waals surface area contributed by atoms with Gasteiger partial charge in [0.15, 0.2) is 0 Å². The quantitative estimate of drug-likeness (QED) is 0.874. The molecular weight excluding hydrogens is 308 g/mol. The predicted molar refractivity (Wildman–Crippen MR) is 88.2 cm³/mol. The molecule has 0 spiro atoms. The molecule has 1 aliphatic heterocycles. The fraction of sp³-hybridized carbons (Fsp3) is 0.167. The van der Waals surface area contributed by atoms with Crippen molar-refractivity contribution >= 4 is 23.4 Å². The van der Waals surface area contributed by atoms with Gasteiger partial charge in [0.2, 0.25) is 5.91 Å². The number of imide groups is 1. The Hall–Kier alpha value is -3.15. The molecule has 2 aromatic rings. The summed E-state index contributed by atoms with van der Waals surface area (Å²) in [5.74, 6) is -0.164. The highest BCUT2D eigenvalue weighted by Gasteiger charge is 2.32. The molecule has 0 saturated heterocycles. The van der Waals surface area contributed by atoms with Gasteiger partial charge in [-0.3, -0.25) is 19.3 Å². The van der Waals surface area contributed by atoms with Crippen LogP contribution in [0, 0.1) is 0 Å². The molecular formula is C18H16N2O4. The van der Waals surface area contributed by atoms with E-state index in [0.717, 1.165) is 16.2 Å². The van der Waals surface area contributed by atoms with Crippen LogP contribution in [-0.4, -0.2) is 36.8 Å². The minimum absolute atomic E-state index is 0.202. The molecule has 0 atom stereocenters. The first-order chi connectivity index (χ1) is 11.5. The third-order valence-electron chi connectivity index (χ3n) is 3.90. The summed E-state index contributed by atoms with van der Waals surface area (Å²) < 4.78 is 5.08. The Balaban J connectivity index is 1.71. The molecule has 0 unspecified atom stereocenters. The summed E-state index contributed by atoms with van der Waals surface area (Å²) in [5, 5.41) is 2.75. The lowest BCUT2D eigenvalue weighted by molar-refractivity contribution is -0.115. The van der Waals surface area contributed by atoms with Crippen molar-refractivity contribution in [2.24, 2.45) is 0 Å². The Morgan fingerprint density at radius 2 is 1.71 bits per heavy atom. The zero-order chi connectivity index (χ0) is 17.3. The van der Waals surface area contributed by atoms with Gasteiger partial charge in [-0.25, -0.2) is 0 Å². The third kappa shape index (κ3) is 2.86. The van der Waals surface area contributed by atoms with E-state index >= 15 is 0 Å². The van der Waals surface area contributed by atoms with Gasteiger partial charge in [-0.05, 0) is 35.9 Å². The van der Waals surface area contributed by atoms with Gasteiger partial charge < -0.3 is 10.1 Å². The standard InChI is InChI=1S/C18H16N2O4/c1-20-17(22)14-8-5-12(10-15(14)18(20)23)19-16(21)9-11-3-6-13(24-2)7-4-11/h3-8,10H,9H2,1-2H3,(H,19,21). The maximum absolute atomic E-state index is 12.1. The van der Waals surface area contributed by atoms with Crippen LogP contribution in [0.1, 0.15) is 26.3 Å². The van der Waals surface area contributed by atoms with Crippen molar-refractivity contribution in [3.8, 4) is 5.75 Å². The monoisotopic (exact) mass is 324 g/mol. The highest BCUT2D eigenvalue weighted by molar-refractivity contribution is 6.21. The van der Waals surface area contributed by atoms with Gasteiger partial charge in [-0.2, -0.15) is 0 Å². The van der Waals surface area contributed by atoms with E-state index in [1.54, 1.807) is 31.4 Å². The number of ether oxygens (including phenoxy) is 1. The van der Waals surface area contributed by atoms with E-state index in [1.165, 1.54) is 13.1 Å². The minimum atomic E-state index is -0.360. The van der Waals surface area contributed by atoms with Gasteiger partial charge in [-0.15, -0.1) is 0 Å². The Morgan fingerprint density at radius 1 is 1.04 bits per heavy atom. The van der Waals surface area contributed by atoms with Gasteiger partial charge in [0.1, 0.15) is 5.75 Å². The number of hydrogen-bond donors (Lipinski definition) is 1. The summed E-state index contributed by atoms with van der Waals surface area (Å²) in [6.07, 6.45) is 0.202. The molecule has 0 fully saturated rings. The van der Waals surface area contributed by atoms with E-state index in [0.29, 0.717) is 16.8 Å². The van der Waals surface area contributed by atoms with Crippen LogP contribution in [0.4, 0.5) is 5.69 Å². The van der Waals surface area contributed by atoms with Crippen LogP contribution >= 0.6 is 0 Å². The summed E-state index contributed by atoms with van der Waals surface area (Å²) in [7, 11) is 3.02. The fourth-order valence-corrected chi connectivity index (χ4v) is 2.57. The molecule has 1 aliphatic rings. The Kier molecular flexibility index (Phi) is 4.04. The van der Waals surface area contributed by atoms with Crippen LogP contribution in [0.5, 0.6) is 5.75 Å². The number of nitrogens with one attached hydrogen (secondary N) is 1. The molecule has 3 rings (SSSR count). The smallest absolute Gasteiger partial charge is 0.261 e. The summed E-state index contributed by atoms with van der Waals surface area (Å²) in [5.41, 5.74) is 2.00. The number of amides is 3. The molecule has 0 aromatic heterocycles. The van der Waals surface area contributed by atoms with Gasteiger partial charge in [0, 0.05) is 12.7 Å². The van der Waals surface area contributed by atoms with E-state index in [4.69, 9.17) is 4.74 Å². The number of methoxy groups -OCH3 is 1. The molecule has 1 N–H and O–H groups in total. The number of nitrogens with zero attached hydrogens (tertiary/aromatic N) is 1. The zero-order valence-electron chi connectivity index (χ0n) is 13.3. The first-order valence-corrected chi connectivity index (χ1v) is 7.39. The van der Waals surface area contributed by atoms with E-state index in [-0.39, 0.29) is 24.1 Å². The van der Waals surface area contributed by atoms with Crippen molar-refractivity contribution in [1.29, 1.82) is 0 Å². The summed E-state index contributed by atoms with van der Waals surface area (Å²) in [6.45, 7) is 0. The number of rotatable bonds is 4. The van der Waals surface area contributed by atoms with Crippen LogP contribution in [-0.2, 0) is 11.2 Å². The predicted octanol–water partition coefficient (Wildman–Crippen LogP) is 2.10. The Labute approximate surface area is 139 Å². The van der Waals surface area contributed by atoms with Crippen LogP contribution in [0.2, 0.25) is 0 Å². The Bertz CT molecular complexity index is 827. The van der Waals surface area contributed by atoms with Crippen LogP contribution in [0.3, 0.4) is 0 Å². The highest BCUT2D eigenvalue weighted by atomic mass is 16.5. The second-order valence-corrected chi connectivity index (χ2v) is 5.50. The molecule has 3 amide bonds. The third-order valence-corrected chi connectivity index (χ3v) is 3.90. The number of benzene rings is 2. The molecule has 2 aromatic carbocycles. The first-order valence-electron chi connectivity index (χ1n) is 7.39. The molecule has 0 radical (unpaired) electrons. The average molecular weight is 324 g/mol. The van der Waals surface area contributed by atoms with Crippen LogP contribution in [0.15, 0.2) is 42.5 Å². The number of fused-ring (bicyclic) bond motifs is 1. The molecule has 0 saturated carbocycles. The first kappa shape index (κ1) is 15.7. The van der Waals surface area contributed by atoms with Crippen molar-refractivity contribution in [3.63, 3.8) is 0 Å². The number of hydrogen-bond acceptors (Lipinski definition) is 4. The molecule has 0 bridgehead atoms. The summed E-state index contributed by atoms with van der Waals surface area (Å²) in [4.78, 5) is 37.0. The van der Waals surface area contributed by atoms with E-state index in [2.05, 4.69) is 5.32 Å². The SMILES string of the molecule is COc1ccc(CC(=O)Nc2ccc3c(c2)C(=O)N(C)C3=O)cc1. The van der Waals surface area contributed by atoms with E-state index < -0.39 is 0 Å². The van der Waals surface area contributed by atoms with Gasteiger partial charge in [-0.1, -0.05) is 12.1 Å². The lowest BCUT2D eigenvalue weighted by atomic mass is 10.1. The van der Waals surface area contributed by atoms with Gasteiger partial charge in [0.25, 0.3) is 11.8 Å². The molecule has 122 valence electrons. The fourth-order valence-electron chi connectivity index (χ4n) is 2.57. The van der Waals surface area contributed by atoms with Crippen molar-refractivity contribution in [2.45, 2.75) is 6.42 Å². The maximum atomic E-state index is 12.1. The number of carbonyl (C=O) groups excluding carboxylic acids is 3. The minimum Gasteiger partial charge on any atom is -0.497 e. The molecule has 24 heavy (non-hydrogen) atoms. The van der Waals surface area contributed by atoms with Crippen molar-refractivity contribution in [2.75, 3.05) is 19.5 Å². The van der Waals surface area contributed by atoms with Crippen LogP contribution < -0.4 is 10.1 Å². The van der Waals surface area contributed by atoms with E-state index in [9.17, 15) is 14.4 Å². The molecule has 6 heteroatoms.